The van der Waals surface area contributed by atoms with E-state index in [2.05, 4.69) is 45.1 Å². The summed E-state index contributed by atoms with van der Waals surface area (Å²) in [7, 11) is 0. The molecule has 0 aromatic heterocycles. The van der Waals surface area contributed by atoms with E-state index >= 15 is 0 Å². The monoisotopic (exact) mass is 488 g/mol. The van der Waals surface area contributed by atoms with Crippen LogP contribution in [0.5, 0.6) is 0 Å². The van der Waals surface area contributed by atoms with Gasteiger partial charge in [-0.25, -0.2) is 0 Å². The lowest BCUT2D eigenvalue weighted by molar-refractivity contribution is -0.132. The number of hydrogen-bond acceptors (Lipinski definition) is 6. The molecule has 2 saturated heterocycles. The Labute approximate surface area is 208 Å². The molecule has 1 saturated carbocycles. The molecule has 0 bridgehead atoms. The van der Waals surface area contributed by atoms with Crippen molar-refractivity contribution in [2.24, 2.45) is 5.92 Å². The van der Waals surface area contributed by atoms with Crippen LogP contribution < -0.4 is 16.0 Å². The third-order valence-electron chi connectivity index (χ3n) is 7.21. The fraction of sp³-hybridized carbons (Fsp3) is 0.692. The van der Waals surface area contributed by atoms with Gasteiger partial charge in [-0.15, -0.1) is 11.8 Å². The predicted molar refractivity (Wildman–Crippen MR) is 136 cm³/mol. The van der Waals surface area contributed by atoms with E-state index in [9.17, 15) is 9.59 Å². The number of nitrogens with one attached hydrogen (secondary N) is 3. The highest BCUT2D eigenvalue weighted by Gasteiger charge is 2.30. The van der Waals surface area contributed by atoms with Gasteiger partial charge in [0.1, 0.15) is 6.04 Å². The van der Waals surface area contributed by atoms with Crippen LogP contribution in [0.4, 0.5) is 0 Å². The van der Waals surface area contributed by atoms with Crippen LogP contribution in [0.3, 0.4) is 0 Å². The molecule has 1 aromatic carbocycles. The number of carbonyl (C=O) groups is 2. The average Bonchev–Trinajstić information content (AvgIpc) is 3.41. The molecule has 3 aliphatic rings. The number of amides is 2. The summed E-state index contributed by atoms with van der Waals surface area (Å²) in [6.07, 6.45) is 8.09. The van der Waals surface area contributed by atoms with Gasteiger partial charge in [0, 0.05) is 43.9 Å². The van der Waals surface area contributed by atoms with Gasteiger partial charge in [0.25, 0.3) is 0 Å². The molecule has 0 radical (unpaired) electrons. The fourth-order valence-electron chi connectivity index (χ4n) is 5.10. The van der Waals surface area contributed by atoms with Gasteiger partial charge < -0.3 is 15.4 Å². The maximum atomic E-state index is 13.2. The molecular formula is C26H40N4O3S. The number of thioether (sulfide) groups is 1. The molecule has 4 rings (SSSR count). The summed E-state index contributed by atoms with van der Waals surface area (Å²) in [5.74, 6) is 1.86. The number of nitrogens with zero attached hydrogens (tertiary/aromatic N) is 1. The van der Waals surface area contributed by atoms with E-state index in [0.29, 0.717) is 12.5 Å². The molecule has 2 heterocycles. The first-order chi connectivity index (χ1) is 16.7. The summed E-state index contributed by atoms with van der Waals surface area (Å²) >= 11 is 1.70. The molecule has 3 fully saturated rings. The molecule has 1 aromatic rings. The Morgan fingerprint density at radius 3 is 2.56 bits per heavy atom. The molecule has 0 spiro atoms. The van der Waals surface area contributed by atoms with Crippen molar-refractivity contribution in [2.75, 3.05) is 37.9 Å². The van der Waals surface area contributed by atoms with Gasteiger partial charge in [0.2, 0.25) is 11.8 Å². The number of ether oxygens (including phenoxy) is 1. The minimum Gasteiger partial charge on any atom is -0.378 e. The third-order valence-corrected chi connectivity index (χ3v) is 8.15. The smallest absolute Gasteiger partial charge is 0.245 e. The predicted octanol–water partition coefficient (Wildman–Crippen LogP) is 2.51. The Balaban J connectivity index is 1.25. The van der Waals surface area contributed by atoms with E-state index in [1.807, 2.05) is 6.07 Å². The van der Waals surface area contributed by atoms with Crippen molar-refractivity contribution in [3.8, 4) is 0 Å². The van der Waals surface area contributed by atoms with E-state index in [0.717, 1.165) is 44.1 Å². The Bertz CT molecular complexity index is 761. The van der Waals surface area contributed by atoms with Gasteiger partial charge in [-0.1, -0.05) is 49.6 Å². The molecule has 188 valence electrons. The zero-order chi connectivity index (χ0) is 23.6. The van der Waals surface area contributed by atoms with Gasteiger partial charge in [-0.3, -0.25) is 19.8 Å². The van der Waals surface area contributed by atoms with E-state index in [-0.39, 0.29) is 30.5 Å². The summed E-state index contributed by atoms with van der Waals surface area (Å²) < 4.78 is 5.98. The summed E-state index contributed by atoms with van der Waals surface area (Å²) in [5.41, 5.74) is 1.32. The zero-order valence-corrected chi connectivity index (χ0v) is 21.0. The van der Waals surface area contributed by atoms with E-state index in [4.69, 9.17) is 4.74 Å². The lowest BCUT2D eigenvalue weighted by Gasteiger charge is -2.33. The molecular weight excluding hydrogens is 448 g/mol. The number of rotatable bonds is 10. The fourth-order valence-corrected chi connectivity index (χ4v) is 6.05. The number of carbonyl (C=O) groups excluding carboxylic acids is 2. The molecule has 2 aliphatic heterocycles. The molecule has 8 heteroatoms. The molecule has 34 heavy (non-hydrogen) atoms. The van der Waals surface area contributed by atoms with Crippen LogP contribution in [0.15, 0.2) is 30.3 Å². The lowest BCUT2D eigenvalue weighted by Crippen LogP contribution is -2.56. The quantitative estimate of drug-likeness (QED) is 0.470. The van der Waals surface area contributed by atoms with Crippen LogP contribution >= 0.6 is 11.8 Å². The topological polar surface area (TPSA) is 82.7 Å². The highest BCUT2D eigenvalue weighted by molar-refractivity contribution is 7.99. The minimum absolute atomic E-state index is 0.107. The van der Waals surface area contributed by atoms with Crippen LogP contribution in [0.1, 0.15) is 50.5 Å². The average molecular weight is 489 g/mol. The van der Waals surface area contributed by atoms with Gasteiger partial charge in [0.05, 0.1) is 12.6 Å². The molecule has 0 unspecified atom stereocenters. The Morgan fingerprint density at radius 2 is 1.85 bits per heavy atom. The van der Waals surface area contributed by atoms with Crippen LogP contribution in [0.25, 0.3) is 0 Å². The summed E-state index contributed by atoms with van der Waals surface area (Å²) in [5, 5.41) is 9.35. The van der Waals surface area contributed by atoms with Gasteiger partial charge in [-0.2, -0.15) is 0 Å². The first-order valence-electron chi connectivity index (χ1n) is 12.9. The number of piperidine rings is 1. The SMILES string of the molecule is O=C(N[C@@H](COCC1CCCCC1)C(=O)NC1CCN(Cc2ccccc2)CC1)[C@@H]1CSCN1. The highest BCUT2D eigenvalue weighted by atomic mass is 32.2. The largest absolute Gasteiger partial charge is 0.378 e. The second kappa shape index (κ2) is 13.5. The maximum absolute atomic E-state index is 13.2. The van der Waals surface area contributed by atoms with Crippen molar-refractivity contribution >= 4 is 23.6 Å². The van der Waals surface area contributed by atoms with Crippen molar-refractivity contribution in [3.05, 3.63) is 35.9 Å². The maximum Gasteiger partial charge on any atom is 0.245 e. The van der Waals surface area contributed by atoms with Gasteiger partial charge in [0.15, 0.2) is 0 Å². The number of benzene rings is 1. The Morgan fingerprint density at radius 1 is 1.09 bits per heavy atom. The van der Waals surface area contributed by atoms with Crippen molar-refractivity contribution in [3.63, 3.8) is 0 Å². The first kappa shape index (κ1) is 25.5. The van der Waals surface area contributed by atoms with Crippen molar-refractivity contribution < 1.29 is 14.3 Å². The van der Waals surface area contributed by atoms with Gasteiger partial charge >= 0.3 is 0 Å². The molecule has 7 nitrogen and oxygen atoms in total. The Kier molecular flexibility index (Phi) is 10.1. The van der Waals surface area contributed by atoms with Crippen LogP contribution in [0.2, 0.25) is 0 Å². The number of hydrogen-bond donors (Lipinski definition) is 3. The minimum atomic E-state index is -0.647. The van der Waals surface area contributed by atoms with Crippen LogP contribution in [-0.4, -0.2) is 72.8 Å². The van der Waals surface area contributed by atoms with Crippen molar-refractivity contribution in [2.45, 2.75) is 69.6 Å². The molecule has 2 amide bonds. The van der Waals surface area contributed by atoms with E-state index in [1.165, 1.54) is 37.7 Å². The number of likely N-dealkylation sites (tertiary alicyclic amines) is 1. The lowest BCUT2D eigenvalue weighted by atomic mass is 9.90. The second-order valence-corrected chi connectivity index (χ2v) is 10.9. The van der Waals surface area contributed by atoms with Gasteiger partial charge in [-0.05, 0) is 37.2 Å². The van der Waals surface area contributed by atoms with Crippen molar-refractivity contribution in [1.82, 2.24) is 20.9 Å². The third kappa shape index (κ3) is 7.97. The summed E-state index contributed by atoms with van der Waals surface area (Å²) in [4.78, 5) is 28.3. The standard InChI is InChI=1S/C26H40N4O3S/c31-25(28-22-11-13-30(14-12-22)15-20-7-3-1-4-8-20)23(29-26(32)24-18-34-19-27-24)17-33-16-21-9-5-2-6-10-21/h1,3-4,7-8,21-24,27H,2,5-6,9-19H2,(H,28,31)(H,29,32)/t23-,24-/m0/s1. The summed E-state index contributed by atoms with van der Waals surface area (Å²) in [6.45, 7) is 3.77. The second-order valence-electron chi connectivity index (χ2n) is 9.92. The first-order valence-corrected chi connectivity index (χ1v) is 14.1. The van der Waals surface area contributed by atoms with E-state index < -0.39 is 6.04 Å². The van der Waals surface area contributed by atoms with E-state index in [1.54, 1.807) is 11.8 Å². The van der Waals surface area contributed by atoms with Crippen LogP contribution in [-0.2, 0) is 20.9 Å². The highest BCUT2D eigenvalue weighted by Crippen LogP contribution is 2.23. The Hall–Kier alpha value is -1.61. The normalized spacial score (nSPS) is 23.5. The zero-order valence-electron chi connectivity index (χ0n) is 20.2. The molecule has 2 atom stereocenters. The van der Waals surface area contributed by atoms with Crippen LogP contribution in [0, 0.1) is 5.92 Å². The molecule has 3 N–H and O–H groups in total. The molecule has 1 aliphatic carbocycles. The van der Waals surface area contributed by atoms with Crippen molar-refractivity contribution in [1.29, 1.82) is 0 Å². The summed E-state index contributed by atoms with van der Waals surface area (Å²) in [6, 6.07) is 9.77.